The van der Waals surface area contributed by atoms with Gasteiger partial charge in [-0.2, -0.15) is 13.4 Å². The molecule has 1 rings (SSSR count). The Morgan fingerprint density at radius 3 is 2.71 bits per heavy atom. The summed E-state index contributed by atoms with van der Waals surface area (Å²) >= 11 is 0. The minimum Gasteiger partial charge on any atom is -0.477 e. The molecule has 0 radical (unpaired) electrons. The largest absolute Gasteiger partial charge is 0.477 e. The second-order valence-corrected chi connectivity index (χ2v) is 4.14. The van der Waals surface area contributed by atoms with E-state index in [9.17, 15) is 13.2 Å². The highest BCUT2D eigenvalue weighted by Gasteiger charge is 2.18. The molecule has 78 valence electrons. The molecule has 7 nitrogen and oxygen atoms in total. The highest BCUT2D eigenvalue weighted by Crippen LogP contribution is 2.02. The van der Waals surface area contributed by atoms with Gasteiger partial charge in [-0.15, -0.1) is 0 Å². The molecule has 1 heterocycles. The van der Waals surface area contributed by atoms with E-state index < -0.39 is 22.1 Å². The van der Waals surface area contributed by atoms with Crippen LogP contribution in [0.4, 0.5) is 0 Å². The first-order valence-corrected chi connectivity index (χ1v) is 5.45. The summed E-state index contributed by atoms with van der Waals surface area (Å²) in [6.07, 6.45) is 1.01. The fourth-order valence-corrected chi connectivity index (χ4v) is 1.16. The van der Waals surface area contributed by atoms with E-state index in [0.29, 0.717) is 0 Å². The van der Waals surface area contributed by atoms with Gasteiger partial charge in [0, 0.05) is 6.42 Å². The summed E-state index contributed by atoms with van der Waals surface area (Å²) in [5.41, 5.74) is -0.154. The van der Waals surface area contributed by atoms with Crippen molar-refractivity contribution in [2.24, 2.45) is 9.98 Å². The molecule has 0 aromatic heterocycles. The van der Waals surface area contributed by atoms with Crippen LogP contribution in [0.3, 0.4) is 0 Å². The predicted molar refractivity (Wildman–Crippen MR) is 47.9 cm³/mol. The Kier molecular flexibility index (Phi) is 2.84. The minimum atomic E-state index is -3.70. The van der Waals surface area contributed by atoms with Crippen LogP contribution >= 0.6 is 0 Å². The molecule has 0 aliphatic carbocycles. The molecule has 0 amide bonds. The normalized spacial score (nSPS) is 16.9. The number of carbonyl (C=O) groups is 1. The standard InChI is InChI=1S/C6H8N2O5S/c1-14(11,12)13-6-7-3-2-4(8-6)5(9)10/h2-3H2,1H3,(H,9,10). The SMILES string of the molecule is CS(=O)(=O)OC1=NCCC(C(=O)O)=N1. The van der Waals surface area contributed by atoms with Crippen LogP contribution in [0.1, 0.15) is 6.42 Å². The quantitative estimate of drug-likeness (QED) is 0.616. The van der Waals surface area contributed by atoms with Crippen molar-refractivity contribution in [1.29, 1.82) is 0 Å². The molecule has 1 N–H and O–H groups in total. The van der Waals surface area contributed by atoms with Crippen LogP contribution in [0.5, 0.6) is 0 Å². The van der Waals surface area contributed by atoms with Gasteiger partial charge in [0.25, 0.3) is 0 Å². The third-order valence-electron chi connectivity index (χ3n) is 1.30. The van der Waals surface area contributed by atoms with Crippen LogP contribution < -0.4 is 0 Å². The van der Waals surface area contributed by atoms with Crippen molar-refractivity contribution in [3.8, 4) is 0 Å². The summed E-state index contributed by atoms with van der Waals surface area (Å²) in [4.78, 5) is 17.5. The Morgan fingerprint density at radius 1 is 1.57 bits per heavy atom. The number of carboxylic acids is 1. The lowest BCUT2D eigenvalue weighted by molar-refractivity contribution is -0.129. The Bertz CT molecular complexity index is 408. The number of nitrogens with zero attached hydrogens (tertiary/aromatic N) is 2. The molecule has 8 heteroatoms. The number of hydrogen-bond acceptors (Lipinski definition) is 6. The van der Waals surface area contributed by atoms with Gasteiger partial charge in [0.15, 0.2) is 0 Å². The lowest BCUT2D eigenvalue weighted by Gasteiger charge is -2.07. The summed E-state index contributed by atoms with van der Waals surface area (Å²) in [6.45, 7) is 0.163. The Balaban J connectivity index is 2.83. The van der Waals surface area contributed by atoms with Crippen molar-refractivity contribution in [1.82, 2.24) is 0 Å². The van der Waals surface area contributed by atoms with Crippen LogP contribution in [-0.4, -0.2) is 44.0 Å². The lowest BCUT2D eigenvalue weighted by atomic mass is 10.2. The predicted octanol–water partition coefficient (Wildman–Crippen LogP) is -0.752. The number of carboxylic acid groups (broad SMARTS) is 1. The zero-order valence-corrected chi connectivity index (χ0v) is 8.11. The van der Waals surface area contributed by atoms with E-state index in [0.717, 1.165) is 6.26 Å². The Hall–Kier alpha value is -1.44. The molecule has 1 aliphatic heterocycles. The molecule has 0 aromatic carbocycles. The van der Waals surface area contributed by atoms with Gasteiger partial charge in [-0.1, -0.05) is 0 Å². The van der Waals surface area contributed by atoms with Crippen molar-refractivity contribution < 1.29 is 22.5 Å². The monoisotopic (exact) mass is 220 g/mol. The van der Waals surface area contributed by atoms with E-state index in [1.165, 1.54) is 0 Å². The van der Waals surface area contributed by atoms with Crippen LogP contribution in [-0.2, 0) is 19.1 Å². The average molecular weight is 220 g/mol. The molecule has 1 aliphatic rings. The second kappa shape index (κ2) is 3.74. The van der Waals surface area contributed by atoms with Crippen molar-refractivity contribution >= 4 is 27.8 Å². The number of aliphatic carboxylic acids is 1. The highest BCUT2D eigenvalue weighted by atomic mass is 32.2. The van der Waals surface area contributed by atoms with E-state index >= 15 is 0 Å². The summed E-state index contributed by atoms with van der Waals surface area (Å²) < 4.78 is 25.6. The summed E-state index contributed by atoms with van der Waals surface area (Å²) in [6, 6.07) is -0.420. The van der Waals surface area contributed by atoms with Gasteiger partial charge < -0.3 is 9.29 Å². The zero-order chi connectivity index (χ0) is 10.8. The van der Waals surface area contributed by atoms with Gasteiger partial charge in [-0.05, 0) is 0 Å². The van der Waals surface area contributed by atoms with E-state index in [2.05, 4.69) is 14.2 Å². The summed E-state index contributed by atoms with van der Waals surface area (Å²) in [7, 11) is -3.70. The molecule has 0 fully saturated rings. The number of hydrogen-bond donors (Lipinski definition) is 1. The van der Waals surface area contributed by atoms with Gasteiger partial charge in [0.1, 0.15) is 5.71 Å². The van der Waals surface area contributed by atoms with E-state index in [-0.39, 0.29) is 18.7 Å². The first-order chi connectivity index (χ1) is 6.38. The number of rotatable bonds is 2. The molecular formula is C6H8N2O5S. The van der Waals surface area contributed by atoms with Crippen LogP contribution in [0, 0.1) is 0 Å². The molecule has 14 heavy (non-hydrogen) atoms. The topological polar surface area (TPSA) is 105 Å². The van der Waals surface area contributed by atoms with E-state index in [4.69, 9.17) is 5.11 Å². The van der Waals surface area contributed by atoms with Crippen molar-refractivity contribution in [3.63, 3.8) is 0 Å². The first-order valence-electron chi connectivity index (χ1n) is 3.63. The van der Waals surface area contributed by atoms with Gasteiger partial charge in [0.2, 0.25) is 0 Å². The third kappa shape index (κ3) is 3.13. The van der Waals surface area contributed by atoms with Gasteiger partial charge >= 0.3 is 22.1 Å². The Morgan fingerprint density at radius 2 is 2.21 bits per heavy atom. The highest BCUT2D eigenvalue weighted by molar-refractivity contribution is 7.86. The number of aliphatic imine (C=N–C) groups is 2. The van der Waals surface area contributed by atoms with Crippen LogP contribution in [0.25, 0.3) is 0 Å². The molecule has 0 spiro atoms. The number of amidine groups is 1. The minimum absolute atomic E-state index is 0.154. The van der Waals surface area contributed by atoms with Gasteiger partial charge in [-0.3, -0.25) is 0 Å². The Labute approximate surface area is 80.3 Å². The van der Waals surface area contributed by atoms with Gasteiger partial charge in [-0.25, -0.2) is 9.79 Å². The maximum Gasteiger partial charge on any atom is 0.350 e. The maximum atomic E-state index is 10.7. The van der Waals surface area contributed by atoms with Gasteiger partial charge in [0.05, 0.1) is 12.8 Å². The van der Waals surface area contributed by atoms with Crippen molar-refractivity contribution in [2.45, 2.75) is 6.42 Å². The third-order valence-corrected chi connectivity index (χ3v) is 1.75. The molecule has 0 bridgehead atoms. The van der Waals surface area contributed by atoms with E-state index in [1.807, 2.05) is 0 Å². The smallest absolute Gasteiger partial charge is 0.350 e. The molecule has 0 saturated heterocycles. The molecule has 0 saturated carbocycles. The van der Waals surface area contributed by atoms with Crippen LogP contribution in [0.2, 0.25) is 0 Å². The second-order valence-electron chi connectivity index (χ2n) is 2.57. The van der Waals surface area contributed by atoms with Crippen molar-refractivity contribution in [3.05, 3.63) is 0 Å². The zero-order valence-electron chi connectivity index (χ0n) is 7.30. The molecule has 0 atom stereocenters. The molecule has 0 unspecified atom stereocenters. The van der Waals surface area contributed by atoms with Crippen molar-refractivity contribution in [2.75, 3.05) is 12.8 Å². The summed E-state index contributed by atoms with van der Waals surface area (Å²) in [5.74, 6) is -1.20. The lowest BCUT2D eigenvalue weighted by Crippen LogP contribution is -2.22. The maximum absolute atomic E-state index is 10.7. The molecular weight excluding hydrogens is 212 g/mol. The molecule has 0 aromatic rings. The fraction of sp³-hybridized carbons (Fsp3) is 0.500. The van der Waals surface area contributed by atoms with E-state index in [1.54, 1.807) is 0 Å². The summed E-state index contributed by atoms with van der Waals surface area (Å²) in [5, 5.41) is 8.56. The fourth-order valence-electron chi connectivity index (χ4n) is 0.799. The first kappa shape index (κ1) is 10.6. The average Bonchev–Trinajstić information content (AvgIpc) is 2.01. The van der Waals surface area contributed by atoms with Crippen LogP contribution in [0.15, 0.2) is 9.98 Å².